The molecule has 12 heteroatoms. The van der Waals surface area contributed by atoms with E-state index in [4.69, 9.17) is 23.7 Å². The van der Waals surface area contributed by atoms with E-state index in [1.807, 2.05) is 0 Å². The highest BCUT2D eigenvalue weighted by molar-refractivity contribution is 6.00. The van der Waals surface area contributed by atoms with Gasteiger partial charge in [0.15, 0.2) is 28.8 Å². The van der Waals surface area contributed by atoms with Gasteiger partial charge in [-0.05, 0) is 60.5 Å². The lowest BCUT2D eigenvalue weighted by molar-refractivity contribution is 0.0357. The van der Waals surface area contributed by atoms with Crippen LogP contribution in [0.25, 0.3) is 16.6 Å². The van der Waals surface area contributed by atoms with E-state index in [1.54, 1.807) is 43.8 Å². The molecule has 3 aromatic carbocycles. The molecular formula is C38H35F2N3O7. The highest BCUT2D eigenvalue weighted by atomic mass is 19.1. The van der Waals surface area contributed by atoms with Crippen molar-refractivity contribution >= 4 is 16.7 Å². The van der Waals surface area contributed by atoms with E-state index in [-0.39, 0.29) is 23.5 Å². The number of hydrogen-bond acceptors (Lipinski definition) is 9. The van der Waals surface area contributed by atoms with E-state index >= 15 is 4.39 Å². The lowest BCUT2D eigenvalue weighted by atomic mass is 10.0. The van der Waals surface area contributed by atoms with Crippen LogP contribution in [0.15, 0.2) is 77.9 Å². The molecular weight excluding hydrogens is 648 g/mol. The fraction of sp³-hybridized carbons (Fsp3) is 0.289. The summed E-state index contributed by atoms with van der Waals surface area (Å²) in [6.45, 7) is 4.98. The molecule has 1 saturated heterocycles. The maximum absolute atomic E-state index is 15.5. The van der Waals surface area contributed by atoms with Crippen molar-refractivity contribution in [3.63, 3.8) is 0 Å². The van der Waals surface area contributed by atoms with E-state index in [9.17, 15) is 14.0 Å². The maximum Gasteiger partial charge on any atom is 0.269 e. The lowest BCUT2D eigenvalue weighted by Gasteiger charge is -2.26. The molecule has 1 fully saturated rings. The Hall–Kier alpha value is -5.33. The summed E-state index contributed by atoms with van der Waals surface area (Å²) in [5.74, 6) is -0.0799. The number of carbonyl (C=O) groups excluding carboxylic acids is 1. The quantitative estimate of drug-likeness (QED) is 0.117. The van der Waals surface area contributed by atoms with Crippen LogP contribution in [0, 0.1) is 11.6 Å². The minimum absolute atomic E-state index is 0.0555. The Morgan fingerprint density at radius 1 is 0.940 bits per heavy atom. The Morgan fingerprint density at radius 2 is 1.76 bits per heavy atom. The number of morpholine rings is 1. The van der Waals surface area contributed by atoms with Crippen molar-refractivity contribution in [3.8, 4) is 34.4 Å². The van der Waals surface area contributed by atoms with Crippen LogP contribution in [0.5, 0.6) is 28.7 Å². The Labute approximate surface area is 286 Å². The van der Waals surface area contributed by atoms with E-state index in [0.29, 0.717) is 64.6 Å². The van der Waals surface area contributed by atoms with Crippen LogP contribution in [-0.4, -0.2) is 73.4 Å². The fourth-order valence-corrected chi connectivity index (χ4v) is 6.21. The zero-order valence-corrected chi connectivity index (χ0v) is 27.5. The predicted molar refractivity (Wildman–Crippen MR) is 181 cm³/mol. The molecule has 7 rings (SSSR count). The molecule has 4 heterocycles. The van der Waals surface area contributed by atoms with Crippen LogP contribution in [-0.2, 0) is 17.6 Å². The van der Waals surface area contributed by atoms with Crippen LogP contribution in [0.4, 0.5) is 8.78 Å². The number of halogens is 2. The van der Waals surface area contributed by atoms with Crippen molar-refractivity contribution in [3.05, 3.63) is 112 Å². The van der Waals surface area contributed by atoms with Crippen molar-refractivity contribution in [1.29, 1.82) is 0 Å². The van der Waals surface area contributed by atoms with Gasteiger partial charge >= 0.3 is 0 Å². The number of rotatable bonds is 12. The first-order valence-corrected chi connectivity index (χ1v) is 16.4. The van der Waals surface area contributed by atoms with Gasteiger partial charge in [-0.15, -0.1) is 0 Å². The summed E-state index contributed by atoms with van der Waals surface area (Å²) in [7, 11) is 1.56. The molecule has 0 amide bonds. The van der Waals surface area contributed by atoms with Crippen molar-refractivity contribution in [2.24, 2.45) is 0 Å². The zero-order chi connectivity index (χ0) is 34.6. The lowest BCUT2D eigenvalue weighted by Crippen LogP contribution is -2.37. The number of pyridine rings is 2. The second-order valence-corrected chi connectivity index (χ2v) is 12.1. The highest BCUT2D eigenvalue weighted by Crippen LogP contribution is 2.38. The number of ketones is 1. The van der Waals surface area contributed by atoms with E-state index < -0.39 is 23.0 Å². The molecule has 50 heavy (non-hydrogen) atoms. The predicted octanol–water partition coefficient (Wildman–Crippen LogP) is 5.93. The second-order valence-electron chi connectivity index (χ2n) is 12.1. The SMILES string of the molecule is COc1cc2nccc(Oc3ccc(CC(=O)c4c5c(cn(-c6ccc(F)cc6)c4=O)CCO5)cc3F)c2cc1OCCCN1CCOCC1. The number of methoxy groups -OCH3 is 1. The van der Waals surface area contributed by atoms with Crippen LogP contribution in [0.1, 0.15) is 27.9 Å². The van der Waals surface area contributed by atoms with Crippen LogP contribution in [0.2, 0.25) is 0 Å². The smallest absolute Gasteiger partial charge is 0.269 e. The summed E-state index contributed by atoms with van der Waals surface area (Å²) >= 11 is 0. The van der Waals surface area contributed by atoms with Gasteiger partial charge in [0.25, 0.3) is 5.56 Å². The molecule has 10 nitrogen and oxygen atoms in total. The van der Waals surface area contributed by atoms with Gasteiger partial charge in [-0.2, -0.15) is 0 Å². The standard InChI is InChI=1S/C38H35F2N3O7/c1-46-34-22-30-28(21-35(34)48-15-2-12-42-13-17-47-18-14-42)32(9-11-41-30)50-33-8-3-24(19-29(33)40)20-31(44)36-37-25(10-16-49-37)23-43(38(36)45)27-6-4-26(39)5-7-27/h3-9,11,19,21-23H,2,10,12-18,20H2,1H3. The highest BCUT2D eigenvalue weighted by Gasteiger charge is 2.27. The molecule has 0 bridgehead atoms. The van der Waals surface area contributed by atoms with Gasteiger partial charge in [-0.3, -0.25) is 24.0 Å². The minimum Gasteiger partial charge on any atom is -0.493 e. The van der Waals surface area contributed by atoms with E-state index in [2.05, 4.69) is 9.88 Å². The number of fused-ring (bicyclic) bond motifs is 2. The third-order valence-electron chi connectivity index (χ3n) is 8.79. The average molecular weight is 684 g/mol. The Bertz CT molecular complexity index is 2100. The van der Waals surface area contributed by atoms with Gasteiger partial charge in [0.05, 0.1) is 39.1 Å². The molecule has 0 N–H and O–H groups in total. The number of benzene rings is 3. The molecule has 0 saturated carbocycles. The summed E-state index contributed by atoms with van der Waals surface area (Å²) in [4.78, 5) is 33.9. The summed E-state index contributed by atoms with van der Waals surface area (Å²) in [6, 6.07) is 14.8. The monoisotopic (exact) mass is 683 g/mol. The maximum atomic E-state index is 15.5. The van der Waals surface area contributed by atoms with Gasteiger partial charge in [0, 0.05) is 67.6 Å². The van der Waals surface area contributed by atoms with Gasteiger partial charge in [-0.1, -0.05) is 6.07 Å². The van der Waals surface area contributed by atoms with Gasteiger partial charge in [0.1, 0.15) is 22.9 Å². The minimum atomic E-state index is -0.688. The molecule has 0 atom stereocenters. The Morgan fingerprint density at radius 3 is 2.54 bits per heavy atom. The molecule has 0 aliphatic carbocycles. The molecule has 0 radical (unpaired) electrons. The number of ether oxygens (including phenoxy) is 5. The topological polar surface area (TPSA) is 101 Å². The average Bonchev–Trinajstić information content (AvgIpc) is 3.60. The van der Waals surface area contributed by atoms with Crippen molar-refractivity contribution in [2.45, 2.75) is 19.3 Å². The van der Waals surface area contributed by atoms with Gasteiger partial charge in [0.2, 0.25) is 0 Å². The normalized spacial score (nSPS) is 14.3. The Kier molecular flexibility index (Phi) is 9.72. The van der Waals surface area contributed by atoms with E-state index in [0.717, 1.165) is 39.3 Å². The molecule has 0 spiro atoms. The van der Waals surface area contributed by atoms with Crippen LogP contribution < -0.4 is 24.5 Å². The number of nitrogens with zero attached hydrogens (tertiary/aromatic N) is 3. The summed E-state index contributed by atoms with van der Waals surface area (Å²) in [6.07, 6.45) is 4.25. The first-order valence-electron chi connectivity index (χ1n) is 16.4. The number of carbonyl (C=O) groups is 1. The van der Waals surface area contributed by atoms with Crippen molar-refractivity contribution in [1.82, 2.24) is 14.5 Å². The van der Waals surface area contributed by atoms with Gasteiger partial charge in [-0.25, -0.2) is 8.78 Å². The zero-order valence-electron chi connectivity index (χ0n) is 27.5. The number of Topliss-reactive ketones (excluding diaryl/α,β-unsaturated/α-hetero) is 1. The van der Waals surface area contributed by atoms with Crippen LogP contribution >= 0.6 is 0 Å². The van der Waals surface area contributed by atoms with Crippen molar-refractivity contribution < 1.29 is 37.3 Å². The summed E-state index contributed by atoms with van der Waals surface area (Å²) < 4.78 is 59.2. The third kappa shape index (κ3) is 7.03. The van der Waals surface area contributed by atoms with Crippen LogP contribution in [0.3, 0.4) is 0 Å². The fourth-order valence-electron chi connectivity index (χ4n) is 6.21. The van der Waals surface area contributed by atoms with Crippen molar-refractivity contribution in [2.75, 3.05) is 53.2 Å². The Balaban J connectivity index is 1.09. The third-order valence-corrected chi connectivity index (χ3v) is 8.79. The second kappa shape index (κ2) is 14.7. The molecule has 2 aliphatic heterocycles. The molecule has 5 aromatic rings. The largest absolute Gasteiger partial charge is 0.493 e. The molecule has 0 unspecified atom stereocenters. The molecule has 258 valence electrons. The summed E-state index contributed by atoms with van der Waals surface area (Å²) in [5, 5.41) is 0.602. The first-order chi connectivity index (χ1) is 24.4. The number of hydrogen-bond donors (Lipinski definition) is 0. The first kappa shape index (κ1) is 33.2. The van der Waals surface area contributed by atoms with E-state index in [1.165, 1.54) is 41.0 Å². The molecule has 2 aromatic heterocycles. The molecule has 2 aliphatic rings. The number of aromatic nitrogens is 2. The summed E-state index contributed by atoms with van der Waals surface area (Å²) in [5.41, 5.74) is 1.31. The van der Waals surface area contributed by atoms with Gasteiger partial charge < -0.3 is 23.7 Å².